The van der Waals surface area contributed by atoms with Gasteiger partial charge in [-0.1, -0.05) is 5.16 Å². The van der Waals surface area contributed by atoms with Gasteiger partial charge in [-0.25, -0.2) is 9.78 Å². The van der Waals surface area contributed by atoms with Crippen LogP contribution in [0.2, 0.25) is 0 Å². The van der Waals surface area contributed by atoms with Crippen molar-refractivity contribution in [1.82, 2.24) is 15.0 Å². The van der Waals surface area contributed by atoms with Gasteiger partial charge in [0.05, 0.1) is 6.04 Å². The summed E-state index contributed by atoms with van der Waals surface area (Å²) in [6.45, 7) is 6.11. The Balaban J connectivity index is 1.79. The van der Waals surface area contributed by atoms with E-state index in [1.54, 1.807) is 29.3 Å². The molecule has 1 saturated heterocycles. The maximum absolute atomic E-state index is 12.2. The van der Waals surface area contributed by atoms with Crippen LogP contribution >= 0.6 is 0 Å². The summed E-state index contributed by atoms with van der Waals surface area (Å²) in [4.78, 5) is 17.8. The summed E-state index contributed by atoms with van der Waals surface area (Å²) in [7, 11) is 0. The lowest BCUT2D eigenvalue weighted by Crippen LogP contribution is -2.47. The van der Waals surface area contributed by atoms with Crippen molar-refractivity contribution in [3.8, 4) is 17.3 Å². The number of pyridine rings is 1. The fraction of sp³-hybridized carbons (Fsp3) is 0.412. The molecule has 3 rings (SSSR count). The lowest BCUT2D eigenvalue weighted by Gasteiger charge is -2.39. The Morgan fingerprint density at radius 1 is 1.50 bits per heavy atom. The highest BCUT2D eigenvalue weighted by Crippen LogP contribution is 2.36. The normalized spacial score (nSPS) is 17.1. The number of carbonyl (C=O) groups is 1. The van der Waals surface area contributed by atoms with Crippen molar-refractivity contribution < 1.29 is 14.1 Å². The van der Waals surface area contributed by atoms with Crippen molar-refractivity contribution in [2.45, 2.75) is 38.8 Å². The molecule has 24 heavy (non-hydrogen) atoms. The molecule has 0 saturated carbocycles. The molecule has 2 aromatic heterocycles. The quantitative estimate of drug-likeness (QED) is 0.841. The first kappa shape index (κ1) is 16.0. The van der Waals surface area contributed by atoms with E-state index in [1.165, 1.54) is 0 Å². The van der Waals surface area contributed by atoms with Gasteiger partial charge in [0, 0.05) is 24.4 Å². The number of hydrogen-bond acceptors (Lipinski definition) is 6. The van der Waals surface area contributed by atoms with Crippen LogP contribution in [0.15, 0.2) is 28.9 Å². The molecule has 0 N–H and O–H groups in total. The fourth-order valence-corrected chi connectivity index (χ4v) is 2.50. The lowest BCUT2D eigenvalue weighted by molar-refractivity contribution is -0.0108. The molecular weight excluding hydrogens is 308 g/mol. The van der Waals surface area contributed by atoms with Gasteiger partial charge in [-0.2, -0.15) is 5.26 Å². The van der Waals surface area contributed by atoms with Crippen LogP contribution in [0.25, 0.3) is 11.3 Å². The van der Waals surface area contributed by atoms with Gasteiger partial charge in [-0.15, -0.1) is 0 Å². The van der Waals surface area contributed by atoms with E-state index in [0.717, 1.165) is 6.42 Å². The van der Waals surface area contributed by atoms with Gasteiger partial charge in [-0.05, 0) is 39.3 Å². The number of nitrogens with zero attached hydrogens (tertiary/aromatic N) is 4. The van der Waals surface area contributed by atoms with Crippen molar-refractivity contribution in [2.75, 3.05) is 6.54 Å². The van der Waals surface area contributed by atoms with Gasteiger partial charge < -0.3 is 9.26 Å². The van der Waals surface area contributed by atoms with Crippen LogP contribution in [0.3, 0.4) is 0 Å². The standard InChI is InChI=1S/C17H18N4O3/c1-17(2,3)23-16(22)21-8-6-14(21)15-9-12(20-24-15)11-5-4-7-19-13(11)10-18/h4-5,7,9,14H,6,8H2,1-3H3. The Kier molecular flexibility index (Phi) is 3.97. The predicted molar refractivity (Wildman–Crippen MR) is 84.7 cm³/mol. The molecule has 0 aliphatic carbocycles. The summed E-state index contributed by atoms with van der Waals surface area (Å²) in [5.74, 6) is 0.579. The minimum absolute atomic E-state index is 0.191. The van der Waals surface area contributed by atoms with Gasteiger partial charge >= 0.3 is 6.09 Å². The molecule has 124 valence electrons. The third-order valence-electron chi connectivity index (χ3n) is 3.69. The summed E-state index contributed by atoms with van der Waals surface area (Å²) < 4.78 is 10.8. The average molecular weight is 326 g/mol. The largest absolute Gasteiger partial charge is 0.444 e. The topological polar surface area (TPSA) is 92.2 Å². The van der Waals surface area contributed by atoms with E-state index in [9.17, 15) is 4.79 Å². The fourth-order valence-electron chi connectivity index (χ4n) is 2.50. The zero-order valence-corrected chi connectivity index (χ0v) is 13.8. The summed E-state index contributed by atoms with van der Waals surface area (Å²) in [5, 5.41) is 13.2. The minimum atomic E-state index is -0.540. The Morgan fingerprint density at radius 3 is 2.92 bits per heavy atom. The number of rotatable bonds is 2. The molecule has 0 spiro atoms. The molecule has 1 atom stereocenters. The highest BCUT2D eigenvalue weighted by atomic mass is 16.6. The molecule has 1 amide bonds. The second-order valence-corrected chi connectivity index (χ2v) is 6.60. The number of amides is 1. The molecule has 0 radical (unpaired) electrons. The Hall–Kier alpha value is -2.88. The molecule has 2 aromatic rings. The van der Waals surface area contributed by atoms with Crippen LogP contribution in [0.1, 0.15) is 44.7 Å². The Labute approximate surface area is 139 Å². The molecule has 7 nitrogen and oxygen atoms in total. The molecular formula is C17H18N4O3. The summed E-state index contributed by atoms with van der Waals surface area (Å²) in [6.07, 6.45) is 1.97. The van der Waals surface area contributed by atoms with Crippen molar-refractivity contribution in [2.24, 2.45) is 0 Å². The number of aromatic nitrogens is 2. The van der Waals surface area contributed by atoms with E-state index in [0.29, 0.717) is 23.6 Å². The van der Waals surface area contributed by atoms with Crippen LogP contribution in [0, 0.1) is 11.3 Å². The smallest absolute Gasteiger partial charge is 0.410 e. The van der Waals surface area contributed by atoms with E-state index in [-0.39, 0.29) is 17.8 Å². The number of hydrogen-bond donors (Lipinski definition) is 0. The van der Waals surface area contributed by atoms with Gasteiger partial charge in [0.15, 0.2) is 5.76 Å². The maximum Gasteiger partial charge on any atom is 0.410 e. The second kappa shape index (κ2) is 5.96. The molecule has 0 aromatic carbocycles. The van der Waals surface area contributed by atoms with Crippen molar-refractivity contribution >= 4 is 6.09 Å². The average Bonchev–Trinajstić information content (AvgIpc) is 2.93. The number of ether oxygens (including phenoxy) is 1. The molecule has 3 heterocycles. The van der Waals surface area contributed by atoms with Crippen molar-refractivity contribution in [3.63, 3.8) is 0 Å². The van der Waals surface area contributed by atoms with Crippen LogP contribution in [-0.4, -0.2) is 33.3 Å². The monoisotopic (exact) mass is 326 g/mol. The van der Waals surface area contributed by atoms with E-state index in [4.69, 9.17) is 14.5 Å². The van der Waals surface area contributed by atoms with E-state index in [2.05, 4.69) is 10.1 Å². The van der Waals surface area contributed by atoms with Gasteiger partial charge in [0.1, 0.15) is 23.1 Å². The third kappa shape index (κ3) is 3.08. The molecule has 1 unspecified atom stereocenters. The van der Waals surface area contributed by atoms with Gasteiger partial charge in [0.2, 0.25) is 0 Å². The zero-order valence-electron chi connectivity index (χ0n) is 13.8. The lowest BCUT2D eigenvalue weighted by atomic mass is 10.00. The SMILES string of the molecule is CC(C)(C)OC(=O)N1CCC1c1cc(-c2cccnc2C#N)no1. The first-order chi connectivity index (χ1) is 11.4. The summed E-state index contributed by atoms with van der Waals surface area (Å²) in [5.41, 5.74) is 0.889. The van der Waals surface area contributed by atoms with E-state index in [1.807, 2.05) is 26.8 Å². The van der Waals surface area contributed by atoms with Crippen LogP contribution in [-0.2, 0) is 4.74 Å². The van der Waals surface area contributed by atoms with Crippen LogP contribution in [0.5, 0.6) is 0 Å². The highest BCUT2D eigenvalue weighted by Gasteiger charge is 2.38. The summed E-state index contributed by atoms with van der Waals surface area (Å²) in [6, 6.07) is 7.09. The molecule has 7 heteroatoms. The number of carbonyl (C=O) groups excluding carboxylic acids is 1. The van der Waals surface area contributed by atoms with E-state index >= 15 is 0 Å². The van der Waals surface area contributed by atoms with Gasteiger partial charge in [0.25, 0.3) is 0 Å². The third-order valence-corrected chi connectivity index (χ3v) is 3.69. The molecule has 1 fully saturated rings. The first-order valence-corrected chi connectivity index (χ1v) is 7.71. The maximum atomic E-state index is 12.2. The molecule has 1 aliphatic rings. The van der Waals surface area contributed by atoms with Crippen molar-refractivity contribution in [1.29, 1.82) is 5.26 Å². The number of likely N-dealkylation sites (tertiary alicyclic amines) is 1. The Morgan fingerprint density at radius 2 is 2.29 bits per heavy atom. The van der Waals surface area contributed by atoms with Crippen LogP contribution < -0.4 is 0 Å². The highest BCUT2D eigenvalue weighted by molar-refractivity contribution is 5.70. The molecule has 1 aliphatic heterocycles. The van der Waals surface area contributed by atoms with Crippen molar-refractivity contribution in [3.05, 3.63) is 35.9 Å². The van der Waals surface area contributed by atoms with Crippen LogP contribution in [0.4, 0.5) is 4.79 Å². The zero-order chi connectivity index (χ0) is 17.3. The predicted octanol–water partition coefficient (Wildman–Crippen LogP) is 3.29. The molecule has 0 bridgehead atoms. The second-order valence-electron chi connectivity index (χ2n) is 6.60. The van der Waals surface area contributed by atoms with Gasteiger partial charge in [-0.3, -0.25) is 4.90 Å². The number of nitriles is 1. The summed E-state index contributed by atoms with van der Waals surface area (Å²) >= 11 is 0. The van der Waals surface area contributed by atoms with E-state index < -0.39 is 5.60 Å². The Bertz CT molecular complexity index is 801. The minimum Gasteiger partial charge on any atom is -0.444 e. The first-order valence-electron chi connectivity index (χ1n) is 7.71.